The second kappa shape index (κ2) is 8.92. The van der Waals surface area contributed by atoms with Crippen LogP contribution >= 0.6 is 0 Å². The Hall–Kier alpha value is -3.30. The van der Waals surface area contributed by atoms with Crippen LogP contribution in [0.5, 0.6) is 11.5 Å². The van der Waals surface area contributed by atoms with E-state index < -0.39 is 0 Å². The third kappa shape index (κ3) is 4.89. The highest BCUT2D eigenvalue weighted by Gasteiger charge is 2.30. The number of benzene rings is 4. The first-order valence-corrected chi connectivity index (χ1v) is 11.7. The summed E-state index contributed by atoms with van der Waals surface area (Å²) in [5.74, 6) is 1.73. The number of nitrogens with zero attached hydrogens (tertiary/aromatic N) is 1. The summed E-state index contributed by atoms with van der Waals surface area (Å²) in [6.07, 6.45) is 0. The Kier molecular flexibility index (Phi) is 5.82. The molecule has 4 aromatic rings. The molecule has 0 amide bonds. The van der Waals surface area contributed by atoms with Crippen molar-refractivity contribution in [2.24, 2.45) is 0 Å². The van der Waals surface area contributed by atoms with Gasteiger partial charge in [0, 0.05) is 13.1 Å². The maximum absolute atomic E-state index is 6.29. The molecular weight excluding hydrogens is 406 g/mol. The Morgan fingerprint density at radius 1 is 0.788 bits per heavy atom. The summed E-state index contributed by atoms with van der Waals surface area (Å²) < 4.78 is 12.2. The van der Waals surface area contributed by atoms with E-state index >= 15 is 0 Å². The first kappa shape index (κ1) is 21.5. The largest absolute Gasteiger partial charge is 0.492 e. The molecule has 3 nitrogen and oxygen atoms in total. The van der Waals surface area contributed by atoms with Crippen LogP contribution in [-0.4, -0.2) is 17.1 Å². The van der Waals surface area contributed by atoms with E-state index in [1.165, 1.54) is 27.5 Å². The van der Waals surface area contributed by atoms with Crippen LogP contribution in [0.25, 0.3) is 10.8 Å². The second-order valence-electron chi connectivity index (χ2n) is 9.75. The van der Waals surface area contributed by atoms with E-state index in [0.717, 1.165) is 24.6 Å². The van der Waals surface area contributed by atoms with Gasteiger partial charge in [0.2, 0.25) is 0 Å². The minimum absolute atomic E-state index is 0.210. The van der Waals surface area contributed by atoms with Gasteiger partial charge in [-0.1, -0.05) is 66.7 Å². The molecule has 5 rings (SSSR count). The molecule has 0 saturated heterocycles. The van der Waals surface area contributed by atoms with Gasteiger partial charge >= 0.3 is 0 Å². The molecule has 168 valence electrons. The van der Waals surface area contributed by atoms with Crippen molar-refractivity contribution < 1.29 is 9.47 Å². The van der Waals surface area contributed by atoms with Gasteiger partial charge in [-0.25, -0.2) is 0 Å². The zero-order valence-electron chi connectivity index (χ0n) is 19.6. The van der Waals surface area contributed by atoms with Crippen molar-refractivity contribution in [2.75, 3.05) is 6.61 Å². The fourth-order valence-electron chi connectivity index (χ4n) is 4.67. The molecular formula is C30H31NO2. The number of rotatable bonds is 6. The van der Waals surface area contributed by atoms with Gasteiger partial charge in [-0.2, -0.15) is 0 Å². The molecule has 1 aliphatic rings. The van der Waals surface area contributed by atoms with Crippen molar-refractivity contribution >= 4 is 10.8 Å². The molecule has 4 aromatic carbocycles. The number of ether oxygens (including phenoxy) is 2. The summed E-state index contributed by atoms with van der Waals surface area (Å²) in [5, 5.41) is 2.61. The van der Waals surface area contributed by atoms with Crippen LogP contribution < -0.4 is 9.47 Å². The van der Waals surface area contributed by atoms with Gasteiger partial charge in [0.1, 0.15) is 23.7 Å². The van der Waals surface area contributed by atoms with Crippen molar-refractivity contribution in [3.8, 4) is 11.5 Å². The van der Waals surface area contributed by atoms with Crippen LogP contribution in [0.2, 0.25) is 0 Å². The van der Waals surface area contributed by atoms with E-state index in [-0.39, 0.29) is 11.6 Å². The Balaban J connectivity index is 1.35. The minimum Gasteiger partial charge on any atom is -0.492 e. The lowest BCUT2D eigenvalue weighted by atomic mass is 10.0. The topological polar surface area (TPSA) is 21.7 Å². The second-order valence-corrected chi connectivity index (χ2v) is 9.75. The molecule has 0 fully saturated rings. The first-order chi connectivity index (χ1) is 16.0. The maximum atomic E-state index is 6.29. The smallest absolute Gasteiger partial charge is 0.120 e. The van der Waals surface area contributed by atoms with Crippen molar-refractivity contribution in [1.82, 2.24) is 4.90 Å². The van der Waals surface area contributed by atoms with Crippen molar-refractivity contribution in [2.45, 2.75) is 45.5 Å². The Labute approximate surface area is 196 Å². The number of hydrogen-bond acceptors (Lipinski definition) is 3. The maximum Gasteiger partial charge on any atom is 0.120 e. The highest BCUT2D eigenvalue weighted by molar-refractivity contribution is 5.85. The molecule has 0 bridgehead atoms. The van der Waals surface area contributed by atoms with Crippen LogP contribution in [0, 0.1) is 0 Å². The highest BCUT2D eigenvalue weighted by Crippen LogP contribution is 2.36. The molecule has 0 aromatic heterocycles. The summed E-state index contributed by atoms with van der Waals surface area (Å²) in [6, 6.07) is 32.1. The average Bonchev–Trinajstić information content (AvgIpc) is 3.15. The van der Waals surface area contributed by atoms with E-state index in [0.29, 0.717) is 6.61 Å². The van der Waals surface area contributed by atoms with Gasteiger partial charge in [0.15, 0.2) is 0 Å². The molecule has 0 saturated carbocycles. The quantitative estimate of drug-likeness (QED) is 0.320. The summed E-state index contributed by atoms with van der Waals surface area (Å²) in [7, 11) is 0. The normalized spacial score (nSPS) is 16.0. The summed E-state index contributed by atoms with van der Waals surface area (Å²) in [4.78, 5) is 2.53. The van der Waals surface area contributed by atoms with Crippen LogP contribution in [0.1, 0.15) is 43.5 Å². The summed E-state index contributed by atoms with van der Waals surface area (Å²) in [6.45, 7) is 8.61. The zero-order valence-corrected chi connectivity index (χ0v) is 19.6. The Morgan fingerprint density at radius 2 is 1.48 bits per heavy atom. The number of hydrogen-bond donors (Lipinski definition) is 0. The molecule has 0 radical (unpaired) electrons. The predicted octanol–water partition coefficient (Wildman–Crippen LogP) is 7.15. The standard InChI is InChI=1S/C30H31NO2/c1-30(2,3)33-26-17-15-25(16-18-26)32-21-29-28-14-7-5-10-24(28)20-31(29)19-23-12-8-11-22-9-4-6-13-27(22)23/h4-18,29H,19-21H2,1-3H3. The van der Waals surface area contributed by atoms with Gasteiger partial charge in [-0.3, -0.25) is 4.90 Å². The fourth-order valence-corrected chi connectivity index (χ4v) is 4.67. The van der Waals surface area contributed by atoms with Crippen LogP contribution in [0.4, 0.5) is 0 Å². The van der Waals surface area contributed by atoms with E-state index in [1.807, 2.05) is 24.3 Å². The number of fused-ring (bicyclic) bond motifs is 2. The molecule has 0 N–H and O–H groups in total. The van der Waals surface area contributed by atoms with Crippen LogP contribution in [0.3, 0.4) is 0 Å². The molecule has 1 heterocycles. The van der Waals surface area contributed by atoms with Crippen molar-refractivity contribution in [3.05, 3.63) is 108 Å². The van der Waals surface area contributed by atoms with Crippen LogP contribution in [0.15, 0.2) is 91.0 Å². The molecule has 1 unspecified atom stereocenters. The third-order valence-corrected chi connectivity index (χ3v) is 6.14. The fraction of sp³-hybridized carbons (Fsp3) is 0.267. The summed E-state index contributed by atoms with van der Waals surface area (Å²) >= 11 is 0. The van der Waals surface area contributed by atoms with Crippen LogP contribution in [-0.2, 0) is 13.1 Å². The molecule has 0 aliphatic carbocycles. The average molecular weight is 438 g/mol. The van der Waals surface area contributed by atoms with Crippen molar-refractivity contribution in [1.29, 1.82) is 0 Å². The van der Waals surface area contributed by atoms with Gasteiger partial charge in [0.25, 0.3) is 0 Å². The molecule has 1 aliphatic heterocycles. The van der Waals surface area contributed by atoms with E-state index in [9.17, 15) is 0 Å². The third-order valence-electron chi connectivity index (χ3n) is 6.14. The van der Waals surface area contributed by atoms with Gasteiger partial charge < -0.3 is 9.47 Å². The SMILES string of the molecule is CC(C)(C)Oc1ccc(OCC2c3ccccc3CN2Cc2cccc3ccccc23)cc1. The predicted molar refractivity (Wildman–Crippen MR) is 135 cm³/mol. The van der Waals surface area contributed by atoms with Crippen molar-refractivity contribution in [3.63, 3.8) is 0 Å². The van der Waals surface area contributed by atoms with Gasteiger partial charge in [0.05, 0.1) is 6.04 Å². The Morgan fingerprint density at radius 3 is 2.30 bits per heavy atom. The Bertz CT molecular complexity index is 1230. The molecule has 1 atom stereocenters. The monoisotopic (exact) mass is 437 g/mol. The van der Waals surface area contributed by atoms with Gasteiger partial charge in [-0.15, -0.1) is 0 Å². The lowest BCUT2D eigenvalue weighted by Gasteiger charge is -2.26. The van der Waals surface area contributed by atoms with E-state index in [4.69, 9.17) is 9.47 Å². The molecule has 33 heavy (non-hydrogen) atoms. The lowest BCUT2D eigenvalue weighted by Crippen LogP contribution is -2.26. The summed E-state index contributed by atoms with van der Waals surface area (Å²) in [5.41, 5.74) is 3.90. The zero-order chi connectivity index (χ0) is 22.8. The van der Waals surface area contributed by atoms with E-state index in [2.05, 4.69) is 92.4 Å². The van der Waals surface area contributed by atoms with Gasteiger partial charge in [-0.05, 0) is 72.5 Å². The lowest BCUT2D eigenvalue weighted by molar-refractivity contribution is 0.130. The van der Waals surface area contributed by atoms with E-state index in [1.54, 1.807) is 0 Å². The minimum atomic E-state index is -0.210. The highest BCUT2D eigenvalue weighted by atomic mass is 16.5. The molecule has 3 heteroatoms. The first-order valence-electron chi connectivity index (χ1n) is 11.7. The molecule has 0 spiro atoms.